The molecule has 0 aromatic carbocycles. The molecule has 1 atom stereocenters. The SMILES string of the molecule is Cc1cc(C(=O)N2CCCC(n3c(C)cnc3C)C2)nn1C. The van der Waals surface area contributed by atoms with Gasteiger partial charge in [0.15, 0.2) is 5.69 Å². The predicted molar refractivity (Wildman–Crippen MR) is 83.8 cm³/mol. The monoisotopic (exact) mass is 301 g/mol. The van der Waals surface area contributed by atoms with E-state index in [9.17, 15) is 4.79 Å². The van der Waals surface area contributed by atoms with Crippen molar-refractivity contribution in [3.63, 3.8) is 0 Å². The standard InChI is InChI=1S/C16H23N5O/c1-11-8-15(18-19(11)4)16(22)20-7-5-6-14(10-20)21-12(2)9-17-13(21)3/h8-9,14H,5-7,10H2,1-4H3. The highest BCUT2D eigenvalue weighted by molar-refractivity contribution is 5.92. The van der Waals surface area contributed by atoms with Crippen molar-refractivity contribution in [3.05, 3.63) is 35.2 Å². The summed E-state index contributed by atoms with van der Waals surface area (Å²) in [6.45, 7) is 7.59. The third-order valence-electron chi connectivity index (χ3n) is 4.55. The van der Waals surface area contributed by atoms with Gasteiger partial charge in [-0.15, -0.1) is 0 Å². The minimum Gasteiger partial charge on any atom is -0.335 e. The Morgan fingerprint density at radius 2 is 2.05 bits per heavy atom. The van der Waals surface area contributed by atoms with Gasteiger partial charge in [-0.1, -0.05) is 0 Å². The first-order chi connectivity index (χ1) is 10.5. The van der Waals surface area contributed by atoms with Crippen molar-refractivity contribution in [2.45, 2.75) is 39.7 Å². The molecule has 0 radical (unpaired) electrons. The molecule has 6 heteroatoms. The number of nitrogens with zero attached hydrogens (tertiary/aromatic N) is 5. The number of carbonyl (C=O) groups excluding carboxylic acids is 1. The topological polar surface area (TPSA) is 56.0 Å². The van der Waals surface area contributed by atoms with E-state index >= 15 is 0 Å². The van der Waals surface area contributed by atoms with Crippen LogP contribution in [0, 0.1) is 20.8 Å². The lowest BCUT2D eigenvalue weighted by atomic mass is 10.0. The van der Waals surface area contributed by atoms with E-state index in [4.69, 9.17) is 0 Å². The molecule has 1 aliphatic heterocycles. The molecule has 3 heterocycles. The molecule has 22 heavy (non-hydrogen) atoms. The average Bonchev–Trinajstić information content (AvgIpc) is 3.01. The number of aromatic nitrogens is 4. The lowest BCUT2D eigenvalue weighted by molar-refractivity contribution is 0.0670. The molecule has 2 aromatic rings. The number of likely N-dealkylation sites (tertiary alicyclic amines) is 1. The quantitative estimate of drug-likeness (QED) is 0.852. The molecule has 118 valence electrons. The molecule has 0 saturated carbocycles. The lowest BCUT2D eigenvalue weighted by Gasteiger charge is -2.34. The number of aryl methyl sites for hydroxylation is 4. The Morgan fingerprint density at radius 1 is 1.27 bits per heavy atom. The minimum absolute atomic E-state index is 0.0313. The summed E-state index contributed by atoms with van der Waals surface area (Å²) in [4.78, 5) is 19.0. The summed E-state index contributed by atoms with van der Waals surface area (Å²) in [5, 5.41) is 4.31. The van der Waals surface area contributed by atoms with E-state index in [0.717, 1.165) is 43.1 Å². The fourth-order valence-electron chi connectivity index (χ4n) is 3.30. The Labute approximate surface area is 130 Å². The van der Waals surface area contributed by atoms with Crippen LogP contribution in [0.15, 0.2) is 12.3 Å². The van der Waals surface area contributed by atoms with Gasteiger partial charge >= 0.3 is 0 Å². The zero-order chi connectivity index (χ0) is 15.9. The number of hydrogen-bond acceptors (Lipinski definition) is 3. The summed E-state index contributed by atoms with van der Waals surface area (Å²) >= 11 is 0. The molecule has 0 N–H and O–H groups in total. The van der Waals surface area contributed by atoms with Crippen molar-refractivity contribution in [1.29, 1.82) is 0 Å². The summed E-state index contributed by atoms with van der Waals surface area (Å²) in [6.07, 6.45) is 4.00. The summed E-state index contributed by atoms with van der Waals surface area (Å²) in [6, 6.07) is 2.17. The highest BCUT2D eigenvalue weighted by atomic mass is 16.2. The Hall–Kier alpha value is -2.11. The first-order valence-corrected chi connectivity index (χ1v) is 7.77. The molecular formula is C16H23N5O. The molecule has 1 saturated heterocycles. The van der Waals surface area contributed by atoms with Gasteiger partial charge in [0.05, 0.1) is 6.04 Å². The van der Waals surface area contributed by atoms with Gasteiger partial charge in [0, 0.05) is 37.7 Å². The van der Waals surface area contributed by atoms with Crippen molar-refractivity contribution >= 4 is 5.91 Å². The van der Waals surface area contributed by atoms with Crippen LogP contribution in [0.4, 0.5) is 0 Å². The maximum absolute atomic E-state index is 12.7. The molecule has 1 unspecified atom stereocenters. The average molecular weight is 301 g/mol. The summed E-state index contributed by atoms with van der Waals surface area (Å²) in [7, 11) is 1.86. The molecule has 1 fully saturated rings. The number of amides is 1. The van der Waals surface area contributed by atoms with Crippen LogP contribution in [0.3, 0.4) is 0 Å². The highest BCUT2D eigenvalue weighted by Crippen LogP contribution is 2.25. The second-order valence-electron chi connectivity index (χ2n) is 6.16. The van der Waals surface area contributed by atoms with E-state index in [1.54, 1.807) is 4.68 Å². The lowest BCUT2D eigenvalue weighted by Crippen LogP contribution is -2.41. The van der Waals surface area contributed by atoms with E-state index in [1.807, 2.05) is 38.1 Å². The van der Waals surface area contributed by atoms with Gasteiger partial charge in [-0.3, -0.25) is 9.48 Å². The summed E-state index contributed by atoms with van der Waals surface area (Å²) in [5.74, 6) is 1.05. The molecule has 6 nitrogen and oxygen atoms in total. The Morgan fingerprint density at radius 3 is 2.64 bits per heavy atom. The molecule has 0 aliphatic carbocycles. The van der Waals surface area contributed by atoms with Gasteiger partial charge in [-0.25, -0.2) is 4.98 Å². The third kappa shape index (κ3) is 2.53. The first kappa shape index (κ1) is 14.8. The van der Waals surface area contributed by atoms with E-state index in [1.165, 1.54) is 0 Å². The zero-order valence-electron chi connectivity index (χ0n) is 13.7. The van der Waals surface area contributed by atoms with Gasteiger partial charge in [0.25, 0.3) is 5.91 Å². The van der Waals surface area contributed by atoms with Gasteiger partial charge in [-0.2, -0.15) is 5.10 Å². The smallest absolute Gasteiger partial charge is 0.274 e. The molecule has 0 spiro atoms. The van der Waals surface area contributed by atoms with E-state index in [0.29, 0.717) is 11.7 Å². The molecule has 1 amide bonds. The highest BCUT2D eigenvalue weighted by Gasteiger charge is 2.28. The summed E-state index contributed by atoms with van der Waals surface area (Å²) < 4.78 is 4.00. The van der Waals surface area contributed by atoms with Crippen LogP contribution < -0.4 is 0 Å². The minimum atomic E-state index is 0.0313. The Balaban J connectivity index is 1.80. The first-order valence-electron chi connectivity index (χ1n) is 7.77. The number of hydrogen-bond donors (Lipinski definition) is 0. The molecule has 1 aliphatic rings. The largest absolute Gasteiger partial charge is 0.335 e. The van der Waals surface area contributed by atoms with E-state index in [-0.39, 0.29) is 5.91 Å². The molecule has 3 rings (SSSR count). The Bertz CT molecular complexity index is 660. The second-order valence-corrected chi connectivity index (χ2v) is 6.16. The van der Waals surface area contributed by atoms with Gasteiger partial charge in [0.2, 0.25) is 0 Å². The van der Waals surface area contributed by atoms with Crippen LogP contribution in [-0.4, -0.2) is 43.2 Å². The number of rotatable bonds is 2. The maximum Gasteiger partial charge on any atom is 0.274 e. The fraction of sp³-hybridized carbons (Fsp3) is 0.562. The third-order valence-corrected chi connectivity index (χ3v) is 4.55. The molecule has 0 bridgehead atoms. The fourth-order valence-corrected chi connectivity index (χ4v) is 3.30. The van der Waals surface area contributed by atoms with E-state index in [2.05, 4.69) is 21.6 Å². The van der Waals surface area contributed by atoms with Crippen molar-refractivity contribution in [1.82, 2.24) is 24.2 Å². The zero-order valence-corrected chi connectivity index (χ0v) is 13.7. The second kappa shape index (κ2) is 5.59. The van der Waals surface area contributed by atoms with Crippen molar-refractivity contribution in [2.75, 3.05) is 13.1 Å². The maximum atomic E-state index is 12.7. The van der Waals surface area contributed by atoms with Crippen LogP contribution in [0.5, 0.6) is 0 Å². The van der Waals surface area contributed by atoms with E-state index < -0.39 is 0 Å². The van der Waals surface area contributed by atoms with Gasteiger partial charge in [0.1, 0.15) is 5.82 Å². The van der Waals surface area contributed by atoms with Crippen molar-refractivity contribution in [2.24, 2.45) is 7.05 Å². The normalized spacial score (nSPS) is 18.7. The van der Waals surface area contributed by atoms with Crippen LogP contribution >= 0.6 is 0 Å². The van der Waals surface area contributed by atoms with Crippen LogP contribution in [0.1, 0.15) is 46.6 Å². The van der Waals surface area contributed by atoms with Gasteiger partial charge < -0.3 is 9.47 Å². The number of piperidine rings is 1. The number of imidazole rings is 1. The number of carbonyl (C=O) groups is 1. The predicted octanol–water partition coefficient (Wildman–Crippen LogP) is 2.02. The molecular weight excluding hydrogens is 278 g/mol. The van der Waals surface area contributed by atoms with Crippen molar-refractivity contribution in [3.8, 4) is 0 Å². The summed E-state index contributed by atoms with van der Waals surface area (Å²) in [5.41, 5.74) is 2.70. The van der Waals surface area contributed by atoms with Crippen molar-refractivity contribution < 1.29 is 4.79 Å². The van der Waals surface area contributed by atoms with Crippen LogP contribution in [0.2, 0.25) is 0 Å². The van der Waals surface area contributed by atoms with Crippen LogP contribution in [-0.2, 0) is 7.05 Å². The van der Waals surface area contributed by atoms with Crippen LogP contribution in [0.25, 0.3) is 0 Å². The Kier molecular flexibility index (Phi) is 3.76. The van der Waals surface area contributed by atoms with Gasteiger partial charge in [-0.05, 0) is 39.7 Å². The molecule has 2 aromatic heterocycles.